The number of hydrogen-bond acceptors (Lipinski definition) is 6. The maximum atomic E-state index is 12.4. The lowest BCUT2D eigenvalue weighted by atomic mass is 10.1. The van der Waals surface area contributed by atoms with Crippen molar-refractivity contribution in [3.8, 4) is 11.3 Å². The lowest BCUT2D eigenvalue weighted by molar-refractivity contribution is -0.117. The standard InChI is InChI=1S/C20H22N6O/c1-25-7-9-26(10-8-25)14-20(27)24-19-11-18-16(13-22-19)4-5-17(23-18)15-3-2-6-21-12-15/h2-6,11-13H,7-10,14H2,1H3,(H,22,24,27)/i2D,3D,6D,12D. The van der Waals surface area contributed by atoms with E-state index < -0.39 is 6.17 Å². The number of rotatable bonds is 4. The Morgan fingerprint density at radius 3 is 3.00 bits per heavy atom. The zero-order valence-corrected chi connectivity index (χ0v) is 15.0. The number of nitrogens with one attached hydrogen (secondary N) is 1. The highest BCUT2D eigenvalue weighted by molar-refractivity contribution is 5.93. The van der Waals surface area contributed by atoms with Crippen LogP contribution in [0.1, 0.15) is 5.48 Å². The van der Waals surface area contributed by atoms with Crippen molar-refractivity contribution in [1.29, 1.82) is 0 Å². The minimum Gasteiger partial charge on any atom is -0.310 e. The van der Waals surface area contributed by atoms with Gasteiger partial charge in [-0.05, 0) is 31.3 Å². The van der Waals surface area contributed by atoms with E-state index in [9.17, 15) is 4.79 Å². The Morgan fingerprint density at radius 1 is 1.30 bits per heavy atom. The van der Waals surface area contributed by atoms with Gasteiger partial charge < -0.3 is 10.2 Å². The maximum Gasteiger partial charge on any atom is 0.239 e. The van der Waals surface area contributed by atoms with Crippen molar-refractivity contribution >= 4 is 22.6 Å². The Balaban J connectivity index is 1.57. The molecule has 0 aliphatic carbocycles. The number of amides is 1. The molecule has 3 aromatic heterocycles. The average molecular weight is 366 g/mol. The van der Waals surface area contributed by atoms with Gasteiger partial charge in [0.1, 0.15) is 5.82 Å². The van der Waals surface area contributed by atoms with Gasteiger partial charge in [0, 0.05) is 61.7 Å². The van der Waals surface area contributed by atoms with E-state index in [-0.39, 0.29) is 29.7 Å². The van der Waals surface area contributed by atoms with Gasteiger partial charge in [0.15, 0.2) is 0 Å². The second-order valence-corrected chi connectivity index (χ2v) is 6.55. The molecule has 1 fully saturated rings. The van der Waals surface area contributed by atoms with Gasteiger partial charge in [0.05, 0.1) is 23.2 Å². The number of carbonyl (C=O) groups is 1. The van der Waals surface area contributed by atoms with Gasteiger partial charge in [-0.1, -0.05) is 0 Å². The molecule has 1 aliphatic heterocycles. The second kappa shape index (κ2) is 7.77. The molecule has 3 aromatic rings. The number of anilines is 1. The topological polar surface area (TPSA) is 74.2 Å². The minimum atomic E-state index is -0.408. The number of fused-ring (bicyclic) bond motifs is 1. The van der Waals surface area contributed by atoms with E-state index in [1.54, 1.807) is 24.4 Å². The van der Waals surface area contributed by atoms with Crippen LogP contribution in [0, 0.1) is 0 Å². The maximum absolute atomic E-state index is 12.4. The van der Waals surface area contributed by atoms with Crippen molar-refractivity contribution in [2.75, 3.05) is 45.1 Å². The summed E-state index contributed by atoms with van der Waals surface area (Å²) < 4.78 is 31.5. The van der Waals surface area contributed by atoms with Crippen molar-refractivity contribution in [1.82, 2.24) is 24.8 Å². The molecular formula is C20H22N6O. The summed E-state index contributed by atoms with van der Waals surface area (Å²) in [4.78, 5) is 29.2. The zero-order chi connectivity index (χ0) is 22.1. The first-order valence-electron chi connectivity index (χ1n) is 10.7. The Labute approximate surface area is 163 Å². The number of likely N-dealkylation sites (N-methyl/N-ethyl adjacent to an activating group) is 1. The normalized spacial score (nSPS) is 17.8. The summed E-state index contributed by atoms with van der Waals surface area (Å²) in [6, 6.07) is 4.41. The molecule has 7 heteroatoms. The van der Waals surface area contributed by atoms with Gasteiger partial charge in [-0.2, -0.15) is 0 Å². The quantitative estimate of drug-likeness (QED) is 0.760. The number of hydrogen-bond donors (Lipinski definition) is 1. The van der Waals surface area contributed by atoms with Gasteiger partial charge in [-0.3, -0.25) is 14.7 Å². The molecule has 1 aliphatic rings. The molecule has 7 nitrogen and oxygen atoms in total. The van der Waals surface area contributed by atoms with E-state index >= 15 is 0 Å². The molecule has 1 saturated heterocycles. The van der Waals surface area contributed by atoms with Crippen molar-refractivity contribution < 1.29 is 10.3 Å². The number of nitrogens with zero attached hydrogens (tertiary/aromatic N) is 5. The zero-order valence-electron chi connectivity index (χ0n) is 19.0. The summed E-state index contributed by atoms with van der Waals surface area (Å²) in [6.07, 6.45) is 0.920. The van der Waals surface area contributed by atoms with Gasteiger partial charge in [0.25, 0.3) is 0 Å². The van der Waals surface area contributed by atoms with Crippen molar-refractivity contribution in [3.05, 3.63) is 48.8 Å². The first kappa shape index (κ1) is 13.3. The Morgan fingerprint density at radius 2 is 2.15 bits per heavy atom. The van der Waals surface area contributed by atoms with Crippen molar-refractivity contribution in [2.45, 2.75) is 0 Å². The van der Waals surface area contributed by atoms with Crippen molar-refractivity contribution in [2.24, 2.45) is 0 Å². The average Bonchev–Trinajstić information content (AvgIpc) is 2.73. The highest BCUT2D eigenvalue weighted by Gasteiger charge is 2.16. The van der Waals surface area contributed by atoms with Crippen LogP contribution < -0.4 is 5.32 Å². The SMILES string of the molecule is [2H]c1nc([2H])c(-c2ccc3cnc(NC(=O)CN4CCN(C)CC4)cc3n2)c([2H])c1[2H]. The highest BCUT2D eigenvalue weighted by Crippen LogP contribution is 2.21. The molecular weight excluding hydrogens is 340 g/mol. The summed E-state index contributed by atoms with van der Waals surface area (Å²) in [5, 5.41) is 3.54. The van der Waals surface area contributed by atoms with Gasteiger partial charge >= 0.3 is 0 Å². The van der Waals surface area contributed by atoms with Gasteiger partial charge in [-0.25, -0.2) is 9.97 Å². The van der Waals surface area contributed by atoms with E-state index in [1.807, 2.05) is 0 Å². The van der Waals surface area contributed by atoms with Crippen molar-refractivity contribution in [3.63, 3.8) is 0 Å². The summed E-state index contributed by atoms with van der Waals surface area (Å²) in [7, 11) is 2.06. The fourth-order valence-electron chi connectivity index (χ4n) is 2.97. The predicted octanol–water partition coefficient (Wildman–Crippen LogP) is 1.88. The number of carbonyl (C=O) groups excluding carboxylic acids is 1. The number of piperazine rings is 1. The third kappa shape index (κ3) is 4.27. The summed E-state index contributed by atoms with van der Waals surface area (Å²) in [6.45, 7) is 3.84. The summed E-state index contributed by atoms with van der Waals surface area (Å²) in [5.74, 6) is 0.220. The van der Waals surface area contributed by atoms with Crippen LogP contribution in [0.5, 0.6) is 0 Å². The van der Waals surface area contributed by atoms with Crippen LogP contribution in [-0.4, -0.2) is 70.4 Å². The van der Waals surface area contributed by atoms with Crippen LogP contribution in [0.25, 0.3) is 22.2 Å². The van der Waals surface area contributed by atoms with Crippen LogP contribution in [0.3, 0.4) is 0 Å². The molecule has 1 N–H and O–H groups in total. The van der Waals surface area contributed by atoms with E-state index in [1.165, 1.54) is 0 Å². The lowest BCUT2D eigenvalue weighted by Crippen LogP contribution is -2.47. The monoisotopic (exact) mass is 366 g/mol. The molecule has 4 rings (SSSR count). The van der Waals surface area contributed by atoms with Crippen LogP contribution in [0.2, 0.25) is 0 Å². The fraction of sp³-hybridized carbons (Fsp3) is 0.300. The van der Waals surface area contributed by atoms with Crippen LogP contribution in [-0.2, 0) is 4.79 Å². The number of pyridine rings is 3. The minimum absolute atomic E-state index is 0.0976. The molecule has 0 saturated carbocycles. The third-order valence-corrected chi connectivity index (χ3v) is 4.53. The highest BCUT2D eigenvalue weighted by atomic mass is 16.2. The molecule has 0 unspecified atom stereocenters. The lowest BCUT2D eigenvalue weighted by Gasteiger charge is -2.31. The Hall–Kier alpha value is -2.90. The molecule has 0 spiro atoms. The first-order chi connectivity index (χ1) is 14.8. The largest absolute Gasteiger partial charge is 0.310 e. The smallest absolute Gasteiger partial charge is 0.239 e. The van der Waals surface area contributed by atoms with Crippen LogP contribution >= 0.6 is 0 Å². The van der Waals surface area contributed by atoms with Crippen LogP contribution in [0.4, 0.5) is 5.82 Å². The summed E-state index contributed by atoms with van der Waals surface area (Å²) in [5.41, 5.74) is 0.937. The van der Waals surface area contributed by atoms with E-state index in [0.717, 1.165) is 31.6 Å². The molecule has 4 heterocycles. The molecule has 0 atom stereocenters. The van der Waals surface area contributed by atoms with E-state index in [2.05, 4.69) is 37.1 Å². The number of aromatic nitrogens is 3. The molecule has 1 amide bonds. The van der Waals surface area contributed by atoms with Gasteiger partial charge in [0.2, 0.25) is 5.91 Å². The van der Waals surface area contributed by atoms with E-state index in [4.69, 9.17) is 5.48 Å². The Kier molecular flexibility index (Phi) is 3.83. The summed E-state index contributed by atoms with van der Waals surface area (Å²) >= 11 is 0. The Bertz CT molecular complexity index is 1150. The fourth-order valence-corrected chi connectivity index (χ4v) is 2.97. The molecule has 0 bridgehead atoms. The predicted molar refractivity (Wildman–Crippen MR) is 105 cm³/mol. The first-order valence-corrected chi connectivity index (χ1v) is 8.74. The molecule has 138 valence electrons. The third-order valence-electron chi connectivity index (χ3n) is 4.53. The molecule has 0 radical (unpaired) electrons. The van der Waals surface area contributed by atoms with Crippen LogP contribution in [0.15, 0.2) is 48.8 Å². The van der Waals surface area contributed by atoms with E-state index in [0.29, 0.717) is 23.6 Å². The second-order valence-electron chi connectivity index (χ2n) is 6.55. The molecule has 27 heavy (non-hydrogen) atoms. The molecule has 0 aromatic carbocycles. The van der Waals surface area contributed by atoms with Gasteiger partial charge in [-0.15, -0.1) is 0 Å².